The minimum absolute atomic E-state index is 0.0458. The standard InChI is InChI=1S/C19H21FN2O/c20-16-8-6-15(7-9-16)19(10-11-19)13-22-18(23)17(21)12-14-4-2-1-3-5-14/h1-9,17H,10-13,21H2,(H,22,23)/t17-/m0/s1. The van der Waals surface area contributed by atoms with Gasteiger partial charge in [0.1, 0.15) is 5.82 Å². The van der Waals surface area contributed by atoms with Crippen LogP contribution in [-0.4, -0.2) is 18.5 Å². The van der Waals surface area contributed by atoms with Crippen molar-refractivity contribution in [3.05, 3.63) is 71.5 Å². The highest BCUT2D eigenvalue weighted by atomic mass is 19.1. The second-order valence-electron chi connectivity index (χ2n) is 6.30. The van der Waals surface area contributed by atoms with E-state index in [4.69, 9.17) is 5.73 Å². The summed E-state index contributed by atoms with van der Waals surface area (Å²) in [5, 5.41) is 2.96. The molecule has 0 bridgehead atoms. The number of amides is 1. The van der Waals surface area contributed by atoms with Crippen LogP contribution in [0.5, 0.6) is 0 Å². The molecule has 0 heterocycles. The zero-order valence-corrected chi connectivity index (χ0v) is 13.0. The van der Waals surface area contributed by atoms with E-state index in [2.05, 4.69) is 5.32 Å². The minimum atomic E-state index is -0.554. The Hall–Kier alpha value is -2.20. The van der Waals surface area contributed by atoms with Gasteiger partial charge in [0.2, 0.25) is 5.91 Å². The summed E-state index contributed by atoms with van der Waals surface area (Å²) in [6, 6.07) is 15.7. The lowest BCUT2D eigenvalue weighted by atomic mass is 9.95. The van der Waals surface area contributed by atoms with Crippen LogP contribution in [0.25, 0.3) is 0 Å². The molecule has 1 aliphatic rings. The number of benzene rings is 2. The van der Waals surface area contributed by atoms with E-state index in [9.17, 15) is 9.18 Å². The third-order valence-corrected chi connectivity index (χ3v) is 4.55. The molecule has 0 aromatic heterocycles. The van der Waals surface area contributed by atoms with Crippen molar-refractivity contribution in [2.24, 2.45) is 5.73 Å². The number of hydrogen-bond acceptors (Lipinski definition) is 2. The first-order chi connectivity index (χ1) is 11.1. The third-order valence-electron chi connectivity index (χ3n) is 4.55. The van der Waals surface area contributed by atoms with E-state index in [1.165, 1.54) is 12.1 Å². The smallest absolute Gasteiger partial charge is 0.237 e. The van der Waals surface area contributed by atoms with Gasteiger partial charge in [-0.1, -0.05) is 42.5 Å². The lowest BCUT2D eigenvalue weighted by Crippen LogP contribution is -2.44. The number of nitrogens with one attached hydrogen (secondary N) is 1. The molecule has 3 nitrogen and oxygen atoms in total. The average molecular weight is 312 g/mol. The van der Waals surface area contributed by atoms with Gasteiger partial charge >= 0.3 is 0 Å². The zero-order valence-electron chi connectivity index (χ0n) is 13.0. The summed E-state index contributed by atoms with van der Waals surface area (Å²) in [7, 11) is 0. The Kier molecular flexibility index (Phi) is 4.44. The SMILES string of the molecule is N[C@@H](Cc1ccccc1)C(=O)NCC1(c2ccc(F)cc2)CC1. The molecule has 1 amide bonds. The van der Waals surface area contributed by atoms with Gasteiger partial charge in [0, 0.05) is 12.0 Å². The Labute approximate surface area is 135 Å². The molecule has 3 rings (SSSR count). The van der Waals surface area contributed by atoms with Crippen LogP contribution in [0.15, 0.2) is 54.6 Å². The van der Waals surface area contributed by atoms with Crippen molar-refractivity contribution in [1.29, 1.82) is 0 Å². The van der Waals surface area contributed by atoms with Gasteiger partial charge in [0.15, 0.2) is 0 Å². The highest BCUT2D eigenvalue weighted by molar-refractivity contribution is 5.82. The first kappa shape index (κ1) is 15.7. The predicted molar refractivity (Wildman–Crippen MR) is 88.4 cm³/mol. The number of hydrogen-bond donors (Lipinski definition) is 2. The summed E-state index contributed by atoms with van der Waals surface area (Å²) in [6.07, 6.45) is 2.54. The Morgan fingerprint density at radius 2 is 1.78 bits per heavy atom. The molecule has 1 fully saturated rings. The Bertz CT molecular complexity index is 666. The molecule has 120 valence electrons. The molecule has 1 aliphatic carbocycles. The molecule has 3 N–H and O–H groups in total. The number of carbonyl (C=O) groups is 1. The number of halogens is 1. The van der Waals surface area contributed by atoms with Crippen LogP contribution in [0.2, 0.25) is 0 Å². The number of carbonyl (C=O) groups excluding carboxylic acids is 1. The van der Waals surface area contributed by atoms with Crippen molar-refractivity contribution in [3.8, 4) is 0 Å². The van der Waals surface area contributed by atoms with E-state index in [1.807, 2.05) is 30.3 Å². The molecular formula is C19H21FN2O. The van der Waals surface area contributed by atoms with Crippen LogP contribution in [-0.2, 0) is 16.6 Å². The maximum Gasteiger partial charge on any atom is 0.237 e. The second kappa shape index (κ2) is 6.50. The monoisotopic (exact) mass is 312 g/mol. The lowest BCUT2D eigenvalue weighted by molar-refractivity contribution is -0.122. The van der Waals surface area contributed by atoms with Crippen molar-refractivity contribution >= 4 is 5.91 Å². The third kappa shape index (κ3) is 3.77. The minimum Gasteiger partial charge on any atom is -0.354 e. The molecule has 1 atom stereocenters. The lowest BCUT2D eigenvalue weighted by Gasteiger charge is -2.19. The first-order valence-corrected chi connectivity index (χ1v) is 7.92. The van der Waals surface area contributed by atoms with Crippen molar-refractivity contribution in [2.45, 2.75) is 30.7 Å². The maximum absolute atomic E-state index is 13.0. The second-order valence-corrected chi connectivity index (χ2v) is 6.30. The van der Waals surface area contributed by atoms with Gasteiger partial charge in [-0.3, -0.25) is 4.79 Å². The normalized spacial score (nSPS) is 16.6. The van der Waals surface area contributed by atoms with Gasteiger partial charge in [-0.05, 0) is 42.5 Å². The van der Waals surface area contributed by atoms with Crippen LogP contribution >= 0.6 is 0 Å². The molecule has 4 heteroatoms. The molecule has 0 spiro atoms. The fourth-order valence-electron chi connectivity index (χ4n) is 2.87. The van der Waals surface area contributed by atoms with Gasteiger partial charge in [0.05, 0.1) is 6.04 Å². The van der Waals surface area contributed by atoms with E-state index in [0.717, 1.165) is 24.0 Å². The Balaban J connectivity index is 1.55. The van der Waals surface area contributed by atoms with Crippen LogP contribution in [0.3, 0.4) is 0 Å². The molecule has 0 radical (unpaired) electrons. The fraction of sp³-hybridized carbons (Fsp3) is 0.316. The van der Waals surface area contributed by atoms with Crippen LogP contribution < -0.4 is 11.1 Å². The van der Waals surface area contributed by atoms with Crippen molar-refractivity contribution in [3.63, 3.8) is 0 Å². The van der Waals surface area contributed by atoms with E-state index in [0.29, 0.717) is 13.0 Å². The van der Waals surface area contributed by atoms with Gasteiger partial charge < -0.3 is 11.1 Å². The zero-order chi connectivity index (χ0) is 16.3. The van der Waals surface area contributed by atoms with E-state index in [-0.39, 0.29) is 17.1 Å². The summed E-state index contributed by atoms with van der Waals surface area (Å²) < 4.78 is 13.0. The Morgan fingerprint density at radius 3 is 2.39 bits per heavy atom. The summed E-state index contributed by atoms with van der Waals surface area (Å²) in [6.45, 7) is 0.556. The van der Waals surface area contributed by atoms with Gasteiger partial charge in [0.25, 0.3) is 0 Å². The summed E-state index contributed by atoms with van der Waals surface area (Å²) in [5.74, 6) is -0.374. The van der Waals surface area contributed by atoms with Crippen molar-refractivity contribution < 1.29 is 9.18 Å². The summed E-state index contributed by atoms with van der Waals surface area (Å²) in [5.41, 5.74) is 8.08. The van der Waals surface area contributed by atoms with Gasteiger partial charge in [-0.15, -0.1) is 0 Å². The topological polar surface area (TPSA) is 55.1 Å². The van der Waals surface area contributed by atoms with Gasteiger partial charge in [-0.25, -0.2) is 4.39 Å². The van der Waals surface area contributed by atoms with E-state index < -0.39 is 6.04 Å². The highest BCUT2D eigenvalue weighted by Gasteiger charge is 2.44. The molecule has 0 unspecified atom stereocenters. The molecule has 0 saturated heterocycles. The van der Waals surface area contributed by atoms with E-state index in [1.54, 1.807) is 12.1 Å². The molecule has 1 saturated carbocycles. The molecule has 2 aromatic carbocycles. The maximum atomic E-state index is 13.0. The predicted octanol–water partition coefficient (Wildman–Crippen LogP) is 2.54. The molecule has 23 heavy (non-hydrogen) atoms. The van der Waals surface area contributed by atoms with Crippen LogP contribution in [0, 0.1) is 5.82 Å². The Morgan fingerprint density at radius 1 is 1.13 bits per heavy atom. The molecule has 0 aliphatic heterocycles. The molecular weight excluding hydrogens is 291 g/mol. The number of rotatable bonds is 6. The average Bonchev–Trinajstić information content (AvgIpc) is 3.35. The quantitative estimate of drug-likeness (QED) is 0.861. The van der Waals surface area contributed by atoms with Crippen molar-refractivity contribution in [1.82, 2.24) is 5.32 Å². The van der Waals surface area contributed by atoms with Gasteiger partial charge in [-0.2, -0.15) is 0 Å². The largest absolute Gasteiger partial charge is 0.354 e. The molecule has 2 aromatic rings. The summed E-state index contributed by atoms with van der Waals surface area (Å²) >= 11 is 0. The fourth-order valence-corrected chi connectivity index (χ4v) is 2.87. The van der Waals surface area contributed by atoms with Crippen LogP contribution in [0.4, 0.5) is 4.39 Å². The van der Waals surface area contributed by atoms with E-state index >= 15 is 0 Å². The van der Waals surface area contributed by atoms with Crippen LogP contribution in [0.1, 0.15) is 24.0 Å². The highest BCUT2D eigenvalue weighted by Crippen LogP contribution is 2.47. The number of nitrogens with two attached hydrogens (primary N) is 1. The van der Waals surface area contributed by atoms with Crippen molar-refractivity contribution in [2.75, 3.05) is 6.54 Å². The summed E-state index contributed by atoms with van der Waals surface area (Å²) in [4.78, 5) is 12.2. The first-order valence-electron chi connectivity index (χ1n) is 7.92.